The number of rotatable bonds is 3. The second kappa shape index (κ2) is 5.07. The zero-order valence-corrected chi connectivity index (χ0v) is 10.7. The fraction of sp³-hybridized carbons (Fsp3) is 0.0833. The molecule has 7 heteroatoms. The predicted octanol–water partition coefficient (Wildman–Crippen LogP) is 1.70. The number of hydrogen-bond acceptors (Lipinski definition) is 4. The molecule has 1 heterocycles. The molecule has 0 aliphatic carbocycles. The van der Waals surface area contributed by atoms with E-state index in [4.69, 9.17) is 5.11 Å². The van der Waals surface area contributed by atoms with Gasteiger partial charge in [0.1, 0.15) is 4.88 Å². The first-order chi connectivity index (χ1) is 8.97. The summed E-state index contributed by atoms with van der Waals surface area (Å²) in [6.45, 7) is 1.64. The minimum atomic E-state index is -1.03. The molecule has 0 spiro atoms. The Labute approximate surface area is 111 Å². The maximum absolute atomic E-state index is 11.9. The molecule has 1 amide bonds. The van der Waals surface area contributed by atoms with Gasteiger partial charge >= 0.3 is 10.8 Å². The molecule has 0 aliphatic heterocycles. The van der Waals surface area contributed by atoms with Crippen LogP contribution in [0.5, 0.6) is 0 Å². The van der Waals surface area contributed by atoms with Gasteiger partial charge in [-0.2, -0.15) is 0 Å². The second-order valence-corrected chi connectivity index (χ2v) is 4.79. The standard InChI is InChI=1S/C12H10N2O4S/c1-6-9(19-12(18)13-6)10(15)14-8-4-2-7(3-5-8)11(16)17/h2-5H,1H3,(H,13,18)(H,14,15)(H,16,17). The fourth-order valence-corrected chi connectivity index (χ4v) is 2.24. The van der Waals surface area contributed by atoms with Crippen molar-refractivity contribution in [3.63, 3.8) is 0 Å². The van der Waals surface area contributed by atoms with Crippen molar-refractivity contribution >= 4 is 28.9 Å². The summed E-state index contributed by atoms with van der Waals surface area (Å²) in [6.07, 6.45) is 0. The first-order valence-corrected chi connectivity index (χ1v) is 6.13. The van der Waals surface area contributed by atoms with Crippen LogP contribution in [0.3, 0.4) is 0 Å². The summed E-state index contributed by atoms with van der Waals surface area (Å²) in [5, 5.41) is 11.3. The van der Waals surface area contributed by atoms with Gasteiger partial charge in [0.05, 0.1) is 5.56 Å². The first-order valence-electron chi connectivity index (χ1n) is 5.32. The van der Waals surface area contributed by atoms with Crippen LogP contribution in [0.15, 0.2) is 29.1 Å². The Morgan fingerprint density at radius 2 is 1.89 bits per heavy atom. The van der Waals surface area contributed by atoms with E-state index in [2.05, 4.69) is 10.3 Å². The van der Waals surface area contributed by atoms with Crippen LogP contribution in [0.2, 0.25) is 0 Å². The Kier molecular flexibility index (Phi) is 3.48. The van der Waals surface area contributed by atoms with Crippen LogP contribution >= 0.6 is 11.3 Å². The summed E-state index contributed by atoms with van der Waals surface area (Å²) >= 11 is 0.832. The number of aromatic amines is 1. The van der Waals surface area contributed by atoms with Gasteiger partial charge < -0.3 is 15.4 Å². The van der Waals surface area contributed by atoms with Crippen LogP contribution in [0, 0.1) is 6.92 Å². The number of carbonyl (C=O) groups excluding carboxylic acids is 1. The third-order valence-electron chi connectivity index (χ3n) is 2.42. The highest BCUT2D eigenvalue weighted by Gasteiger charge is 2.13. The van der Waals surface area contributed by atoms with Gasteiger partial charge in [-0.3, -0.25) is 9.59 Å². The molecule has 6 nitrogen and oxygen atoms in total. The highest BCUT2D eigenvalue weighted by atomic mass is 32.1. The lowest BCUT2D eigenvalue weighted by Crippen LogP contribution is -2.11. The van der Waals surface area contributed by atoms with Crippen molar-refractivity contribution in [2.75, 3.05) is 5.32 Å². The van der Waals surface area contributed by atoms with Gasteiger partial charge in [-0.05, 0) is 31.2 Å². The zero-order valence-electron chi connectivity index (χ0n) is 9.89. The lowest BCUT2D eigenvalue weighted by Gasteiger charge is -2.04. The van der Waals surface area contributed by atoms with E-state index in [0.717, 1.165) is 11.3 Å². The molecule has 0 saturated carbocycles. The van der Waals surface area contributed by atoms with E-state index in [1.54, 1.807) is 6.92 Å². The maximum atomic E-state index is 11.9. The SMILES string of the molecule is Cc1[nH]c(=O)sc1C(=O)Nc1ccc(C(=O)O)cc1. The van der Waals surface area contributed by atoms with E-state index in [1.165, 1.54) is 24.3 Å². The summed E-state index contributed by atoms with van der Waals surface area (Å²) in [7, 11) is 0. The Balaban J connectivity index is 2.17. The van der Waals surface area contributed by atoms with E-state index in [1.807, 2.05) is 0 Å². The van der Waals surface area contributed by atoms with Crippen LogP contribution in [0.4, 0.5) is 5.69 Å². The molecule has 2 rings (SSSR count). The number of thiazole rings is 1. The molecule has 0 unspecified atom stereocenters. The Hall–Kier alpha value is -2.41. The molecule has 2 aromatic rings. The number of aromatic carboxylic acids is 1. The Morgan fingerprint density at radius 1 is 1.26 bits per heavy atom. The zero-order chi connectivity index (χ0) is 14.0. The third-order valence-corrected chi connectivity index (χ3v) is 3.40. The van der Waals surface area contributed by atoms with E-state index >= 15 is 0 Å². The number of carboxylic acids is 1. The summed E-state index contributed by atoms with van der Waals surface area (Å²) < 4.78 is 0. The molecule has 0 fully saturated rings. The number of H-pyrrole nitrogens is 1. The molecular weight excluding hydrogens is 268 g/mol. The van der Waals surface area contributed by atoms with Crippen molar-refractivity contribution in [1.29, 1.82) is 0 Å². The van der Waals surface area contributed by atoms with Gasteiger partial charge in [0, 0.05) is 11.4 Å². The van der Waals surface area contributed by atoms with Gasteiger partial charge in [-0.1, -0.05) is 11.3 Å². The number of amides is 1. The molecule has 1 aromatic heterocycles. The third kappa shape index (κ3) is 2.89. The van der Waals surface area contributed by atoms with Crippen LogP contribution in [-0.4, -0.2) is 22.0 Å². The van der Waals surface area contributed by atoms with Gasteiger partial charge in [-0.25, -0.2) is 4.79 Å². The van der Waals surface area contributed by atoms with Crippen LogP contribution in [0.25, 0.3) is 0 Å². The highest BCUT2D eigenvalue weighted by Crippen LogP contribution is 2.14. The smallest absolute Gasteiger partial charge is 0.335 e. The number of carboxylic acid groups (broad SMARTS) is 1. The second-order valence-electron chi connectivity index (χ2n) is 3.81. The van der Waals surface area contributed by atoms with E-state index in [-0.39, 0.29) is 10.4 Å². The van der Waals surface area contributed by atoms with Gasteiger partial charge in [-0.15, -0.1) is 0 Å². The number of hydrogen-bond donors (Lipinski definition) is 3. The summed E-state index contributed by atoms with van der Waals surface area (Å²) in [5.74, 6) is -1.43. The number of anilines is 1. The van der Waals surface area contributed by atoms with Crippen molar-refractivity contribution in [2.24, 2.45) is 0 Å². The van der Waals surface area contributed by atoms with Crippen LogP contribution < -0.4 is 10.2 Å². The average Bonchev–Trinajstić information content (AvgIpc) is 2.69. The minimum Gasteiger partial charge on any atom is -0.478 e. The molecule has 0 saturated heterocycles. The number of nitrogens with one attached hydrogen (secondary N) is 2. The minimum absolute atomic E-state index is 0.139. The molecule has 3 N–H and O–H groups in total. The van der Waals surface area contributed by atoms with E-state index < -0.39 is 11.9 Å². The number of aryl methyl sites for hydroxylation is 1. The molecule has 0 aliphatic rings. The maximum Gasteiger partial charge on any atom is 0.335 e. The molecule has 19 heavy (non-hydrogen) atoms. The lowest BCUT2D eigenvalue weighted by molar-refractivity contribution is 0.0696. The largest absolute Gasteiger partial charge is 0.478 e. The highest BCUT2D eigenvalue weighted by molar-refractivity contribution is 7.11. The van der Waals surface area contributed by atoms with Crippen molar-refractivity contribution in [3.05, 3.63) is 50.1 Å². The van der Waals surface area contributed by atoms with Gasteiger partial charge in [0.2, 0.25) is 0 Å². The van der Waals surface area contributed by atoms with Crippen molar-refractivity contribution in [1.82, 2.24) is 4.98 Å². The van der Waals surface area contributed by atoms with Crippen molar-refractivity contribution in [2.45, 2.75) is 6.92 Å². The average molecular weight is 278 g/mol. The molecular formula is C12H10N2O4S. The normalized spacial score (nSPS) is 10.2. The van der Waals surface area contributed by atoms with Gasteiger partial charge in [0.15, 0.2) is 0 Å². The number of benzene rings is 1. The summed E-state index contributed by atoms with van der Waals surface area (Å²) in [6, 6.07) is 5.77. The van der Waals surface area contributed by atoms with E-state index in [9.17, 15) is 14.4 Å². The fourth-order valence-electron chi connectivity index (χ4n) is 1.51. The Morgan fingerprint density at radius 3 is 2.37 bits per heavy atom. The number of carbonyl (C=O) groups is 2. The molecule has 0 radical (unpaired) electrons. The molecule has 0 atom stereocenters. The van der Waals surface area contributed by atoms with Crippen LogP contribution in [0.1, 0.15) is 25.7 Å². The predicted molar refractivity (Wildman–Crippen MR) is 71.0 cm³/mol. The van der Waals surface area contributed by atoms with Crippen molar-refractivity contribution < 1.29 is 14.7 Å². The van der Waals surface area contributed by atoms with Crippen molar-refractivity contribution in [3.8, 4) is 0 Å². The van der Waals surface area contributed by atoms with E-state index in [0.29, 0.717) is 16.3 Å². The monoisotopic (exact) mass is 278 g/mol. The summed E-state index contributed by atoms with van der Waals surface area (Å²) in [4.78, 5) is 36.2. The number of aromatic nitrogens is 1. The Bertz CT molecular complexity index is 685. The lowest BCUT2D eigenvalue weighted by atomic mass is 10.2. The molecule has 98 valence electrons. The molecule has 0 bridgehead atoms. The topological polar surface area (TPSA) is 99.3 Å². The quantitative estimate of drug-likeness (QED) is 0.795. The first kappa shape index (κ1) is 13.0. The summed E-state index contributed by atoms with van der Waals surface area (Å²) in [5.41, 5.74) is 1.12. The molecule has 1 aromatic carbocycles. The van der Waals surface area contributed by atoms with Gasteiger partial charge in [0.25, 0.3) is 5.91 Å². The van der Waals surface area contributed by atoms with Crippen LogP contribution in [-0.2, 0) is 0 Å².